The van der Waals surface area contributed by atoms with Gasteiger partial charge in [-0.1, -0.05) is 12.1 Å². The monoisotopic (exact) mass is 410 g/mol. The second-order valence-electron chi connectivity index (χ2n) is 7.50. The maximum Gasteiger partial charge on any atom is 0.236 e. The van der Waals surface area contributed by atoms with Crippen LogP contribution in [0.25, 0.3) is 33.1 Å². The smallest absolute Gasteiger partial charge is 0.236 e. The quantitative estimate of drug-likeness (QED) is 0.561. The maximum absolute atomic E-state index is 12.4. The number of aromatic amines is 1. The van der Waals surface area contributed by atoms with E-state index in [2.05, 4.69) is 16.8 Å². The van der Waals surface area contributed by atoms with Crippen LogP contribution < -0.4 is 4.90 Å². The molecule has 1 atom stereocenters. The van der Waals surface area contributed by atoms with Gasteiger partial charge in [-0.3, -0.25) is 0 Å². The molecule has 0 unspecified atom stereocenters. The summed E-state index contributed by atoms with van der Waals surface area (Å²) in [7, 11) is -3.44. The summed E-state index contributed by atoms with van der Waals surface area (Å²) in [6.07, 6.45) is 4.73. The average Bonchev–Trinajstić information content (AvgIpc) is 3.34. The SMILES string of the molecule is C[C@@H]1COCCN1c1nc(-c2cccc3[nH]ccc23)cc2c1ccn2S(C)(=O)=O. The van der Waals surface area contributed by atoms with Crippen LogP contribution in [0, 0.1) is 0 Å². The number of H-pyrrole nitrogens is 1. The molecular formula is C21H22N4O3S. The summed E-state index contributed by atoms with van der Waals surface area (Å²) >= 11 is 0. The molecule has 1 saturated heterocycles. The van der Waals surface area contributed by atoms with Gasteiger partial charge in [-0.25, -0.2) is 17.4 Å². The van der Waals surface area contributed by atoms with Crippen molar-refractivity contribution in [2.75, 3.05) is 30.9 Å². The molecule has 7 nitrogen and oxygen atoms in total. The third-order valence-corrected chi connectivity index (χ3v) is 6.53. The van der Waals surface area contributed by atoms with Gasteiger partial charge in [0, 0.05) is 40.8 Å². The summed E-state index contributed by atoms with van der Waals surface area (Å²) < 4.78 is 31.7. The van der Waals surface area contributed by atoms with E-state index in [4.69, 9.17) is 9.72 Å². The van der Waals surface area contributed by atoms with E-state index in [0.717, 1.165) is 33.4 Å². The van der Waals surface area contributed by atoms with Gasteiger partial charge in [0.1, 0.15) is 5.82 Å². The van der Waals surface area contributed by atoms with Gasteiger partial charge in [-0.15, -0.1) is 0 Å². The van der Waals surface area contributed by atoms with Crippen molar-refractivity contribution < 1.29 is 13.2 Å². The standard InChI is InChI=1S/C21H22N4O3S/c1-14-13-28-11-10-24(14)21-17-7-9-25(29(2,26)27)20(17)12-19(23-21)15-4-3-5-18-16(15)6-8-22-18/h3-9,12,14,22H,10-11,13H2,1-2H3/t14-/m1/s1. The Balaban J connectivity index is 1.82. The van der Waals surface area contributed by atoms with Crippen LogP contribution in [0.2, 0.25) is 0 Å². The van der Waals surface area contributed by atoms with Gasteiger partial charge >= 0.3 is 0 Å². The van der Waals surface area contributed by atoms with Gasteiger partial charge in [0.15, 0.2) is 0 Å². The summed E-state index contributed by atoms with van der Waals surface area (Å²) in [5.74, 6) is 0.795. The Bertz CT molecular complexity index is 1320. The molecule has 0 spiro atoms. The highest BCUT2D eigenvalue weighted by molar-refractivity contribution is 7.89. The van der Waals surface area contributed by atoms with E-state index in [0.29, 0.717) is 25.3 Å². The van der Waals surface area contributed by atoms with E-state index in [1.165, 1.54) is 10.2 Å². The third kappa shape index (κ3) is 2.99. The molecule has 1 aliphatic rings. The van der Waals surface area contributed by atoms with E-state index in [9.17, 15) is 8.42 Å². The van der Waals surface area contributed by atoms with Crippen molar-refractivity contribution in [1.82, 2.24) is 13.9 Å². The van der Waals surface area contributed by atoms with E-state index in [1.54, 1.807) is 6.20 Å². The first-order valence-electron chi connectivity index (χ1n) is 9.57. The Morgan fingerprint density at radius 3 is 2.86 bits per heavy atom. The molecule has 150 valence electrons. The van der Waals surface area contributed by atoms with E-state index >= 15 is 0 Å². The molecule has 1 aromatic carbocycles. The zero-order valence-electron chi connectivity index (χ0n) is 16.3. The van der Waals surface area contributed by atoms with Crippen LogP contribution in [0.3, 0.4) is 0 Å². The fourth-order valence-electron chi connectivity index (χ4n) is 4.09. The first-order chi connectivity index (χ1) is 13.9. The zero-order chi connectivity index (χ0) is 20.2. The van der Waals surface area contributed by atoms with Crippen molar-refractivity contribution >= 4 is 37.6 Å². The van der Waals surface area contributed by atoms with Gasteiger partial charge in [-0.05, 0) is 31.2 Å². The molecule has 4 heterocycles. The molecule has 4 aromatic rings. The highest BCUT2D eigenvalue weighted by Gasteiger charge is 2.25. The molecular weight excluding hydrogens is 388 g/mol. The van der Waals surface area contributed by atoms with Crippen LogP contribution in [0.5, 0.6) is 0 Å². The number of ether oxygens (including phenoxy) is 1. The molecule has 1 N–H and O–H groups in total. The summed E-state index contributed by atoms with van der Waals surface area (Å²) in [6.45, 7) is 4.05. The number of nitrogens with one attached hydrogen (secondary N) is 1. The number of hydrogen-bond acceptors (Lipinski definition) is 5. The number of pyridine rings is 1. The van der Waals surface area contributed by atoms with Gasteiger partial charge < -0.3 is 14.6 Å². The number of nitrogens with zero attached hydrogens (tertiary/aromatic N) is 3. The van der Waals surface area contributed by atoms with Crippen LogP contribution in [0.1, 0.15) is 6.92 Å². The molecule has 29 heavy (non-hydrogen) atoms. The molecule has 8 heteroatoms. The molecule has 3 aromatic heterocycles. The highest BCUT2D eigenvalue weighted by atomic mass is 32.2. The second kappa shape index (κ2) is 6.60. The summed E-state index contributed by atoms with van der Waals surface area (Å²) in [5, 5.41) is 1.88. The van der Waals surface area contributed by atoms with E-state index in [1.807, 2.05) is 42.6 Å². The van der Waals surface area contributed by atoms with Crippen molar-refractivity contribution in [3.8, 4) is 11.3 Å². The maximum atomic E-state index is 12.4. The first kappa shape index (κ1) is 18.2. The van der Waals surface area contributed by atoms with Gasteiger partial charge in [0.25, 0.3) is 0 Å². The number of fused-ring (bicyclic) bond motifs is 2. The molecule has 1 fully saturated rings. The second-order valence-corrected chi connectivity index (χ2v) is 9.36. The lowest BCUT2D eigenvalue weighted by molar-refractivity contribution is 0.0987. The Labute approximate surface area is 169 Å². The number of anilines is 1. The fraction of sp³-hybridized carbons (Fsp3) is 0.286. The normalized spacial score (nSPS) is 18.0. The Morgan fingerprint density at radius 1 is 1.21 bits per heavy atom. The molecule has 0 bridgehead atoms. The van der Waals surface area contributed by atoms with Crippen molar-refractivity contribution in [2.45, 2.75) is 13.0 Å². The lowest BCUT2D eigenvalue weighted by atomic mass is 10.1. The van der Waals surface area contributed by atoms with Crippen LogP contribution in [0.4, 0.5) is 5.82 Å². The van der Waals surface area contributed by atoms with Crippen LogP contribution in [0.15, 0.2) is 48.8 Å². The Hall–Kier alpha value is -2.84. The largest absolute Gasteiger partial charge is 0.377 e. The van der Waals surface area contributed by atoms with E-state index in [-0.39, 0.29) is 6.04 Å². The average molecular weight is 410 g/mol. The number of benzene rings is 1. The summed E-state index contributed by atoms with van der Waals surface area (Å²) in [6, 6.07) is 11.9. The minimum atomic E-state index is -3.44. The number of rotatable bonds is 3. The number of hydrogen-bond donors (Lipinski definition) is 1. The van der Waals surface area contributed by atoms with Gasteiger partial charge in [-0.2, -0.15) is 0 Å². The molecule has 0 saturated carbocycles. The predicted octanol–water partition coefficient (Wildman–Crippen LogP) is 3.22. The van der Waals surface area contributed by atoms with E-state index < -0.39 is 10.0 Å². The zero-order valence-corrected chi connectivity index (χ0v) is 17.1. The Morgan fingerprint density at radius 2 is 2.07 bits per heavy atom. The molecule has 0 aliphatic carbocycles. The third-order valence-electron chi connectivity index (χ3n) is 5.50. The van der Waals surface area contributed by atoms with Crippen LogP contribution >= 0.6 is 0 Å². The summed E-state index contributed by atoms with van der Waals surface area (Å²) in [5.41, 5.74) is 3.37. The van der Waals surface area contributed by atoms with Crippen molar-refractivity contribution in [3.63, 3.8) is 0 Å². The van der Waals surface area contributed by atoms with Crippen LogP contribution in [-0.2, 0) is 14.8 Å². The number of morpholine rings is 1. The lowest BCUT2D eigenvalue weighted by Crippen LogP contribution is -2.44. The topological polar surface area (TPSA) is 80.2 Å². The predicted molar refractivity (Wildman–Crippen MR) is 115 cm³/mol. The van der Waals surface area contributed by atoms with Crippen molar-refractivity contribution in [2.24, 2.45) is 0 Å². The van der Waals surface area contributed by atoms with Crippen LogP contribution in [-0.4, -0.2) is 54.4 Å². The Kier molecular flexibility index (Phi) is 4.15. The minimum absolute atomic E-state index is 0.152. The lowest BCUT2D eigenvalue weighted by Gasteiger charge is -2.35. The molecule has 5 rings (SSSR count). The molecule has 1 aliphatic heterocycles. The fourth-order valence-corrected chi connectivity index (χ4v) is 4.88. The summed E-state index contributed by atoms with van der Waals surface area (Å²) in [4.78, 5) is 10.5. The minimum Gasteiger partial charge on any atom is -0.377 e. The first-order valence-corrected chi connectivity index (χ1v) is 11.4. The van der Waals surface area contributed by atoms with Crippen molar-refractivity contribution in [3.05, 3.63) is 48.8 Å². The molecule has 0 radical (unpaired) electrons. The number of aromatic nitrogens is 3. The molecule has 0 amide bonds. The van der Waals surface area contributed by atoms with Crippen molar-refractivity contribution in [1.29, 1.82) is 0 Å². The highest BCUT2D eigenvalue weighted by Crippen LogP contribution is 2.35. The van der Waals surface area contributed by atoms with Gasteiger partial charge in [0.2, 0.25) is 10.0 Å². The van der Waals surface area contributed by atoms with Gasteiger partial charge in [0.05, 0.1) is 36.7 Å².